The van der Waals surface area contributed by atoms with E-state index in [1.54, 1.807) is 0 Å². The minimum atomic E-state index is -0.336. The first-order valence-electron chi connectivity index (χ1n) is 5.60. The number of halogens is 2. The van der Waals surface area contributed by atoms with Crippen LogP contribution in [0.3, 0.4) is 0 Å². The molecule has 1 aliphatic carbocycles. The van der Waals surface area contributed by atoms with E-state index in [4.69, 9.17) is 23.2 Å². The second-order valence-corrected chi connectivity index (χ2v) is 6.52. The maximum atomic E-state index is 11.3. The first kappa shape index (κ1) is 14.0. The van der Waals surface area contributed by atoms with Crippen molar-refractivity contribution >= 4 is 33.7 Å². The zero-order valence-corrected chi connectivity index (χ0v) is 11.4. The number of hydrogen-bond donors (Lipinski definition) is 0. The van der Waals surface area contributed by atoms with Gasteiger partial charge in [0.1, 0.15) is 0 Å². The summed E-state index contributed by atoms with van der Waals surface area (Å²) in [6.45, 7) is 6.36. The Balaban J connectivity index is 2.82. The van der Waals surface area contributed by atoms with Gasteiger partial charge in [0.2, 0.25) is 10.5 Å². The first-order chi connectivity index (χ1) is 7.21. The molecule has 4 heteroatoms. The van der Waals surface area contributed by atoms with Crippen molar-refractivity contribution in [2.75, 3.05) is 0 Å². The van der Waals surface area contributed by atoms with Gasteiger partial charge < -0.3 is 0 Å². The van der Waals surface area contributed by atoms with Crippen LogP contribution in [0.1, 0.15) is 40.0 Å². The summed E-state index contributed by atoms with van der Waals surface area (Å²) in [6.07, 6.45) is 2.05. The molecule has 0 saturated heterocycles. The lowest BCUT2D eigenvalue weighted by Gasteiger charge is -2.39. The van der Waals surface area contributed by atoms with Gasteiger partial charge in [-0.05, 0) is 53.8 Å². The molecule has 2 unspecified atom stereocenters. The lowest BCUT2D eigenvalue weighted by Crippen LogP contribution is -2.35. The molecule has 92 valence electrons. The van der Waals surface area contributed by atoms with Crippen LogP contribution in [0, 0.1) is 23.2 Å². The van der Waals surface area contributed by atoms with Crippen LogP contribution in [-0.4, -0.2) is 10.5 Å². The lowest BCUT2D eigenvalue weighted by molar-refractivity contribution is -0.121. The van der Waals surface area contributed by atoms with Crippen molar-refractivity contribution in [3.8, 4) is 0 Å². The molecule has 0 N–H and O–H groups in total. The number of carbonyl (C=O) groups excluding carboxylic acids is 2. The Hall–Kier alpha value is -0.0800. The van der Waals surface area contributed by atoms with Crippen LogP contribution in [0.5, 0.6) is 0 Å². The molecule has 2 nitrogen and oxygen atoms in total. The van der Waals surface area contributed by atoms with Gasteiger partial charge in [-0.15, -0.1) is 0 Å². The molecular formula is C12H18Cl2O2. The highest BCUT2D eigenvalue weighted by Crippen LogP contribution is 2.43. The molecule has 0 aliphatic heterocycles. The van der Waals surface area contributed by atoms with E-state index in [2.05, 4.69) is 20.8 Å². The SMILES string of the molecule is CC(C)(C)C1CC(C(=O)Cl)CC(C(=O)Cl)C1. The molecule has 0 aromatic rings. The predicted molar refractivity (Wildman–Crippen MR) is 65.5 cm³/mol. The molecule has 0 amide bonds. The summed E-state index contributed by atoms with van der Waals surface area (Å²) in [5.74, 6) is -0.110. The van der Waals surface area contributed by atoms with E-state index in [1.165, 1.54) is 0 Å². The maximum absolute atomic E-state index is 11.3. The molecule has 0 heterocycles. The van der Waals surface area contributed by atoms with Crippen LogP contribution in [0.2, 0.25) is 0 Å². The van der Waals surface area contributed by atoms with Gasteiger partial charge in [-0.3, -0.25) is 9.59 Å². The molecule has 0 radical (unpaired) electrons. The Labute approximate surface area is 107 Å². The van der Waals surface area contributed by atoms with E-state index in [9.17, 15) is 9.59 Å². The fraction of sp³-hybridized carbons (Fsp3) is 0.833. The Bertz CT molecular complexity index is 272. The third-order valence-electron chi connectivity index (χ3n) is 3.57. The van der Waals surface area contributed by atoms with Crippen molar-refractivity contribution in [2.24, 2.45) is 23.2 Å². The lowest BCUT2D eigenvalue weighted by atomic mass is 9.66. The Morgan fingerprint density at radius 3 is 1.56 bits per heavy atom. The average Bonchev–Trinajstić information content (AvgIpc) is 2.15. The molecule has 1 rings (SSSR count). The highest BCUT2D eigenvalue weighted by Gasteiger charge is 2.39. The van der Waals surface area contributed by atoms with Gasteiger partial charge in [0, 0.05) is 11.8 Å². The summed E-state index contributed by atoms with van der Waals surface area (Å²) >= 11 is 11.1. The number of carbonyl (C=O) groups is 2. The van der Waals surface area contributed by atoms with Crippen molar-refractivity contribution < 1.29 is 9.59 Å². The molecule has 1 fully saturated rings. The summed E-state index contributed by atoms with van der Waals surface area (Å²) < 4.78 is 0. The third kappa shape index (κ3) is 3.46. The van der Waals surface area contributed by atoms with Gasteiger partial charge >= 0.3 is 0 Å². The monoisotopic (exact) mass is 264 g/mol. The Kier molecular flexibility index (Phi) is 4.42. The summed E-state index contributed by atoms with van der Waals surface area (Å²) in [6, 6.07) is 0. The number of rotatable bonds is 2. The fourth-order valence-electron chi connectivity index (χ4n) is 2.40. The summed E-state index contributed by atoms with van der Waals surface area (Å²) in [7, 11) is 0. The summed E-state index contributed by atoms with van der Waals surface area (Å²) in [5, 5.41) is -0.672. The second kappa shape index (κ2) is 5.05. The number of hydrogen-bond acceptors (Lipinski definition) is 2. The standard InChI is InChI=1S/C12H18Cl2O2/c1-12(2,3)9-5-7(10(13)15)4-8(6-9)11(14)16/h7-9H,4-6H2,1-3H3. The van der Waals surface area contributed by atoms with E-state index in [0.29, 0.717) is 12.3 Å². The van der Waals surface area contributed by atoms with Gasteiger partial charge in [-0.25, -0.2) is 0 Å². The van der Waals surface area contributed by atoms with Crippen molar-refractivity contribution in [3.05, 3.63) is 0 Å². The van der Waals surface area contributed by atoms with Gasteiger partial charge in [-0.2, -0.15) is 0 Å². The molecule has 1 saturated carbocycles. The highest BCUT2D eigenvalue weighted by molar-refractivity contribution is 6.64. The molecule has 0 aromatic carbocycles. The van der Waals surface area contributed by atoms with Crippen LogP contribution in [0.4, 0.5) is 0 Å². The van der Waals surface area contributed by atoms with E-state index < -0.39 is 0 Å². The topological polar surface area (TPSA) is 34.1 Å². The van der Waals surface area contributed by atoms with Crippen LogP contribution in [-0.2, 0) is 9.59 Å². The normalized spacial score (nSPS) is 31.2. The maximum Gasteiger partial charge on any atom is 0.224 e. The van der Waals surface area contributed by atoms with Crippen LogP contribution >= 0.6 is 23.2 Å². The van der Waals surface area contributed by atoms with E-state index >= 15 is 0 Å². The van der Waals surface area contributed by atoms with Gasteiger partial charge in [0.25, 0.3) is 0 Å². The molecule has 0 aromatic heterocycles. The molecule has 1 aliphatic rings. The van der Waals surface area contributed by atoms with Crippen molar-refractivity contribution in [1.82, 2.24) is 0 Å². The van der Waals surface area contributed by atoms with E-state index in [-0.39, 0.29) is 27.7 Å². The predicted octanol–water partition coefficient (Wildman–Crippen LogP) is 3.60. The molecule has 16 heavy (non-hydrogen) atoms. The van der Waals surface area contributed by atoms with Gasteiger partial charge in [-0.1, -0.05) is 20.8 Å². The zero-order chi connectivity index (χ0) is 12.5. The minimum absolute atomic E-state index is 0.0790. The third-order valence-corrected chi connectivity index (χ3v) is 4.19. The van der Waals surface area contributed by atoms with Crippen LogP contribution in [0.25, 0.3) is 0 Å². The van der Waals surface area contributed by atoms with Crippen molar-refractivity contribution in [3.63, 3.8) is 0 Å². The highest BCUT2D eigenvalue weighted by atomic mass is 35.5. The molecule has 0 spiro atoms. The van der Waals surface area contributed by atoms with Crippen molar-refractivity contribution in [1.29, 1.82) is 0 Å². The second-order valence-electron chi connectivity index (χ2n) is 5.77. The van der Waals surface area contributed by atoms with E-state index in [0.717, 1.165) is 12.8 Å². The Morgan fingerprint density at radius 2 is 1.31 bits per heavy atom. The largest absolute Gasteiger partial charge is 0.281 e. The molecule has 0 bridgehead atoms. The molecule has 2 atom stereocenters. The zero-order valence-electron chi connectivity index (χ0n) is 9.93. The van der Waals surface area contributed by atoms with Crippen LogP contribution < -0.4 is 0 Å². The fourth-order valence-corrected chi connectivity index (χ4v) is 2.75. The van der Waals surface area contributed by atoms with Crippen LogP contribution in [0.15, 0.2) is 0 Å². The van der Waals surface area contributed by atoms with E-state index in [1.807, 2.05) is 0 Å². The smallest absolute Gasteiger partial charge is 0.224 e. The summed E-state index contributed by atoms with van der Waals surface area (Å²) in [4.78, 5) is 22.5. The quantitative estimate of drug-likeness (QED) is 0.715. The molecular weight excluding hydrogens is 247 g/mol. The first-order valence-corrected chi connectivity index (χ1v) is 6.36. The van der Waals surface area contributed by atoms with Gasteiger partial charge in [0.05, 0.1) is 0 Å². The Morgan fingerprint density at radius 1 is 0.938 bits per heavy atom. The average molecular weight is 265 g/mol. The minimum Gasteiger partial charge on any atom is -0.281 e. The van der Waals surface area contributed by atoms with Gasteiger partial charge in [0.15, 0.2) is 0 Å². The van der Waals surface area contributed by atoms with Crippen molar-refractivity contribution in [2.45, 2.75) is 40.0 Å². The summed E-state index contributed by atoms with van der Waals surface area (Å²) in [5.41, 5.74) is 0.0790.